The summed E-state index contributed by atoms with van der Waals surface area (Å²) in [6, 6.07) is 5.56. The Morgan fingerprint density at radius 1 is 1.29 bits per heavy atom. The van der Waals surface area contributed by atoms with Crippen molar-refractivity contribution in [2.24, 2.45) is 4.99 Å². The molecule has 1 fully saturated rings. The number of aliphatic imine (C=N–C) groups is 1. The fourth-order valence-corrected chi connectivity index (χ4v) is 1.67. The first-order valence-electron chi connectivity index (χ1n) is 4.61. The average molecular weight is 183 g/mol. The second-order valence-electron chi connectivity index (χ2n) is 3.52. The number of rotatable bonds is 0. The van der Waals surface area contributed by atoms with Crippen LogP contribution in [0.1, 0.15) is 17.5 Å². The lowest BCUT2D eigenvalue weighted by atomic mass is 10.1. The first-order valence-corrected chi connectivity index (χ1v) is 4.61. The number of phenols is 1. The molecule has 0 amide bonds. The standard InChI is InChI=1S/C12H9NO/c14-12-3-1-2-8-6-9-7-11(9)13-5-4-10(8)12/h1-6,14H,7H2/b5-4-,8-6?,9-6?,10-4?,13-5?,13-11?. The van der Waals surface area contributed by atoms with E-state index in [2.05, 4.69) is 11.1 Å². The number of hydrogen-bond donors (Lipinski definition) is 1. The van der Waals surface area contributed by atoms with E-state index in [-0.39, 0.29) is 0 Å². The van der Waals surface area contributed by atoms with Crippen molar-refractivity contribution in [1.29, 1.82) is 0 Å². The van der Waals surface area contributed by atoms with Gasteiger partial charge >= 0.3 is 0 Å². The normalized spacial score (nSPS) is 19.4. The Labute approximate surface area is 81.9 Å². The summed E-state index contributed by atoms with van der Waals surface area (Å²) in [6.07, 6.45) is 6.69. The van der Waals surface area contributed by atoms with Gasteiger partial charge in [0.1, 0.15) is 5.75 Å². The van der Waals surface area contributed by atoms with Crippen molar-refractivity contribution < 1.29 is 5.11 Å². The van der Waals surface area contributed by atoms with Crippen LogP contribution in [0.25, 0.3) is 12.2 Å². The monoisotopic (exact) mass is 183 g/mol. The average Bonchev–Trinajstić information content (AvgIpc) is 2.83. The van der Waals surface area contributed by atoms with Gasteiger partial charge in [-0.2, -0.15) is 0 Å². The summed E-state index contributed by atoms with van der Waals surface area (Å²) in [6.45, 7) is 0. The summed E-state index contributed by atoms with van der Waals surface area (Å²) < 4.78 is 0. The Hall–Kier alpha value is -1.83. The minimum absolute atomic E-state index is 0.315. The molecule has 1 aliphatic heterocycles. The number of benzene rings is 1. The molecule has 0 unspecified atom stereocenters. The number of hydrogen-bond acceptors (Lipinski definition) is 2. The van der Waals surface area contributed by atoms with Crippen molar-refractivity contribution in [1.82, 2.24) is 0 Å². The molecule has 3 rings (SSSR count). The predicted octanol–water partition coefficient (Wildman–Crippen LogP) is 2.60. The van der Waals surface area contributed by atoms with E-state index < -0.39 is 0 Å². The highest BCUT2D eigenvalue weighted by Crippen LogP contribution is 2.33. The van der Waals surface area contributed by atoms with E-state index in [0.717, 1.165) is 23.3 Å². The van der Waals surface area contributed by atoms with Crippen molar-refractivity contribution in [3.63, 3.8) is 0 Å². The maximum Gasteiger partial charge on any atom is 0.123 e. The molecule has 0 atom stereocenters. The van der Waals surface area contributed by atoms with E-state index >= 15 is 0 Å². The molecule has 1 heterocycles. The number of nitrogens with zero attached hydrogens (tertiary/aromatic N) is 1. The van der Waals surface area contributed by atoms with Crippen LogP contribution in [0, 0.1) is 0 Å². The molecule has 0 spiro atoms. The van der Waals surface area contributed by atoms with Crippen LogP contribution in [-0.4, -0.2) is 10.8 Å². The smallest absolute Gasteiger partial charge is 0.123 e. The van der Waals surface area contributed by atoms with E-state index in [1.165, 1.54) is 5.57 Å². The van der Waals surface area contributed by atoms with Crippen molar-refractivity contribution >= 4 is 17.9 Å². The lowest BCUT2D eigenvalue weighted by molar-refractivity contribution is 0.474. The highest BCUT2D eigenvalue weighted by molar-refractivity contribution is 6.21. The Morgan fingerprint density at radius 3 is 3.14 bits per heavy atom. The molecule has 1 aromatic carbocycles. The zero-order valence-electron chi connectivity index (χ0n) is 7.57. The lowest BCUT2D eigenvalue weighted by Crippen LogP contribution is -1.83. The summed E-state index contributed by atoms with van der Waals surface area (Å²) in [5.41, 5.74) is 4.37. The maximum absolute atomic E-state index is 9.64. The molecular formula is C12H9NO. The van der Waals surface area contributed by atoms with Crippen LogP contribution < -0.4 is 0 Å². The van der Waals surface area contributed by atoms with Crippen molar-refractivity contribution in [2.45, 2.75) is 6.42 Å². The van der Waals surface area contributed by atoms with Gasteiger partial charge in [-0.05, 0) is 29.4 Å². The van der Waals surface area contributed by atoms with Gasteiger partial charge in [0.2, 0.25) is 0 Å². The van der Waals surface area contributed by atoms with E-state index in [9.17, 15) is 5.11 Å². The van der Waals surface area contributed by atoms with Crippen LogP contribution in [0.3, 0.4) is 0 Å². The molecule has 2 aliphatic rings. The number of phenolic OH excluding ortho intramolecular Hbond substituents is 1. The van der Waals surface area contributed by atoms with E-state index in [4.69, 9.17) is 0 Å². The molecule has 1 aromatic rings. The van der Waals surface area contributed by atoms with Crippen LogP contribution >= 0.6 is 0 Å². The topological polar surface area (TPSA) is 32.6 Å². The van der Waals surface area contributed by atoms with Crippen LogP contribution in [0.15, 0.2) is 35.0 Å². The van der Waals surface area contributed by atoms with Crippen LogP contribution in [0.2, 0.25) is 0 Å². The molecule has 1 N–H and O–H groups in total. The number of fused-ring (bicyclic) bond motifs is 2. The van der Waals surface area contributed by atoms with Gasteiger partial charge in [0.15, 0.2) is 0 Å². The molecule has 0 radical (unpaired) electrons. The van der Waals surface area contributed by atoms with E-state index in [1.54, 1.807) is 12.3 Å². The van der Waals surface area contributed by atoms with Crippen LogP contribution in [0.4, 0.5) is 0 Å². The molecule has 1 saturated carbocycles. The van der Waals surface area contributed by atoms with Gasteiger partial charge in [-0.15, -0.1) is 0 Å². The Kier molecular flexibility index (Phi) is 1.39. The Morgan fingerprint density at radius 2 is 2.21 bits per heavy atom. The molecule has 0 bridgehead atoms. The molecule has 0 saturated heterocycles. The molecule has 0 aromatic heterocycles. The van der Waals surface area contributed by atoms with Crippen molar-refractivity contribution in [2.75, 3.05) is 0 Å². The zero-order valence-corrected chi connectivity index (χ0v) is 7.57. The first kappa shape index (κ1) is 7.56. The second-order valence-corrected chi connectivity index (χ2v) is 3.52. The summed E-state index contributed by atoms with van der Waals surface area (Å²) in [5.74, 6) is 0.315. The van der Waals surface area contributed by atoms with Crippen molar-refractivity contribution in [3.8, 4) is 5.75 Å². The largest absolute Gasteiger partial charge is 0.507 e. The van der Waals surface area contributed by atoms with Gasteiger partial charge in [-0.1, -0.05) is 12.1 Å². The third-order valence-electron chi connectivity index (χ3n) is 2.52. The van der Waals surface area contributed by atoms with Crippen molar-refractivity contribution in [3.05, 3.63) is 41.1 Å². The summed E-state index contributed by atoms with van der Waals surface area (Å²) in [7, 11) is 0. The highest BCUT2D eigenvalue weighted by atomic mass is 16.3. The molecule has 68 valence electrons. The van der Waals surface area contributed by atoms with Gasteiger partial charge in [0, 0.05) is 23.9 Å². The fourth-order valence-electron chi connectivity index (χ4n) is 1.67. The number of allylic oxidation sites excluding steroid dienone is 1. The summed E-state index contributed by atoms with van der Waals surface area (Å²) in [4.78, 5) is 4.25. The summed E-state index contributed by atoms with van der Waals surface area (Å²) in [5, 5.41) is 9.64. The van der Waals surface area contributed by atoms with E-state index in [0.29, 0.717) is 5.75 Å². The van der Waals surface area contributed by atoms with Crippen LogP contribution in [0.5, 0.6) is 5.75 Å². The quantitative estimate of drug-likeness (QED) is 0.658. The second kappa shape index (κ2) is 2.58. The zero-order chi connectivity index (χ0) is 9.54. The molecule has 2 nitrogen and oxygen atoms in total. The van der Waals surface area contributed by atoms with Gasteiger partial charge < -0.3 is 5.11 Å². The Balaban J connectivity index is 2.25. The lowest BCUT2D eigenvalue weighted by Gasteiger charge is -2.03. The minimum Gasteiger partial charge on any atom is -0.507 e. The summed E-state index contributed by atoms with van der Waals surface area (Å²) >= 11 is 0. The maximum atomic E-state index is 9.64. The first-order chi connectivity index (χ1) is 6.84. The van der Waals surface area contributed by atoms with Gasteiger partial charge in [-0.25, -0.2) is 0 Å². The minimum atomic E-state index is 0.315. The van der Waals surface area contributed by atoms with Gasteiger partial charge in [0.05, 0.1) is 0 Å². The van der Waals surface area contributed by atoms with E-state index in [1.807, 2.05) is 18.2 Å². The molecule has 2 heteroatoms. The SMILES string of the molecule is Oc1cccc2c1/C=C\N=C1CC1=C2. The Bertz CT molecular complexity index is 495. The molecule has 1 aliphatic carbocycles. The van der Waals surface area contributed by atoms with Crippen LogP contribution in [-0.2, 0) is 0 Å². The third-order valence-corrected chi connectivity index (χ3v) is 2.52. The predicted molar refractivity (Wildman–Crippen MR) is 57.2 cm³/mol. The highest BCUT2D eigenvalue weighted by Gasteiger charge is 2.23. The van der Waals surface area contributed by atoms with Gasteiger partial charge in [-0.3, -0.25) is 4.99 Å². The molecule has 14 heavy (non-hydrogen) atoms. The fraction of sp³-hybridized carbons (Fsp3) is 0.0833. The third kappa shape index (κ3) is 1.08. The number of aromatic hydroxyl groups is 1. The molecular weight excluding hydrogens is 174 g/mol. The van der Waals surface area contributed by atoms with Gasteiger partial charge in [0.25, 0.3) is 0 Å².